The van der Waals surface area contributed by atoms with E-state index in [0.29, 0.717) is 11.3 Å². The number of hydrogen-bond donors (Lipinski definition) is 1. The molecule has 4 heteroatoms. The van der Waals surface area contributed by atoms with Crippen LogP contribution in [0.2, 0.25) is 0 Å². The van der Waals surface area contributed by atoms with E-state index in [1.807, 2.05) is 42.5 Å². The highest BCUT2D eigenvalue weighted by Gasteiger charge is 2.13. The number of aryl methyl sites for hydroxylation is 1. The summed E-state index contributed by atoms with van der Waals surface area (Å²) in [7, 11) is 0. The first-order valence-corrected chi connectivity index (χ1v) is 7.55. The fraction of sp³-hybridized carbons (Fsp3) is 0.118. The third-order valence-corrected chi connectivity index (χ3v) is 4.00. The minimum Gasteiger partial charge on any atom is -0.451 e. The van der Waals surface area contributed by atoms with Gasteiger partial charge in [0, 0.05) is 9.86 Å². The number of fused-ring (bicyclic) bond motifs is 1. The molecule has 0 saturated heterocycles. The summed E-state index contributed by atoms with van der Waals surface area (Å²) in [6.45, 7) is 2.09. The molecule has 0 radical (unpaired) electrons. The Kier molecular flexibility index (Phi) is 3.80. The number of rotatable bonds is 3. The summed E-state index contributed by atoms with van der Waals surface area (Å²) < 4.78 is 6.43. The van der Waals surface area contributed by atoms with Crippen molar-refractivity contribution in [3.05, 3.63) is 64.3 Å². The second-order valence-electron chi connectivity index (χ2n) is 4.77. The fourth-order valence-corrected chi connectivity index (χ4v) is 2.68. The summed E-state index contributed by atoms with van der Waals surface area (Å²) in [5.41, 5.74) is 2.66. The van der Waals surface area contributed by atoms with Crippen LogP contribution in [0.3, 0.4) is 0 Å². The van der Waals surface area contributed by atoms with Gasteiger partial charge in [0.05, 0.1) is 5.69 Å². The van der Waals surface area contributed by atoms with E-state index >= 15 is 0 Å². The highest BCUT2D eigenvalue weighted by atomic mass is 79.9. The Bertz CT molecular complexity index is 774. The number of benzene rings is 2. The lowest BCUT2D eigenvalue weighted by molar-refractivity contribution is 0.0998. The Hall–Kier alpha value is -2.07. The summed E-state index contributed by atoms with van der Waals surface area (Å²) >= 11 is 3.48. The maximum Gasteiger partial charge on any atom is 0.291 e. The van der Waals surface area contributed by atoms with Crippen molar-refractivity contribution in [2.75, 3.05) is 5.32 Å². The molecule has 0 aliphatic heterocycles. The molecule has 1 aromatic heterocycles. The molecule has 0 aliphatic carbocycles. The number of carbonyl (C=O) groups excluding carboxylic acids is 1. The van der Waals surface area contributed by atoms with E-state index < -0.39 is 0 Å². The molecule has 0 bridgehead atoms. The van der Waals surface area contributed by atoms with Gasteiger partial charge in [-0.3, -0.25) is 4.79 Å². The van der Waals surface area contributed by atoms with Gasteiger partial charge in [0.1, 0.15) is 5.58 Å². The third-order valence-electron chi connectivity index (χ3n) is 3.34. The van der Waals surface area contributed by atoms with Crippen molar-refractivity contribution in [3.8, 4) is 0 Å². The van der Waals surface area contributed by atoms with Crippen molar-refractivity contribution in [1.29, 1.82) is 0 Å². The monoisotopic (exact) mass is 343 g/mol. The number of amides is 1. The summed E-state index contributed by atoms with van der Waals surface area (Å²) in [5.74, 6) is 0.0545. The lowest BCUT2D eigenvalue weighted by atomic mass is 10.1. The predicted molar refractivity (Wildman–Crippen MR) is 87.7 cm³/mol. The van der Waals surface area contributed by atoms with Gasteiger partial charge in [0.25, 0.3) is 5.91 Å². The van der Waals surface area contributed by atoms with Crippen LogP contribution >= 0.6 is 15.9 Å². The lowest BCUT2D eigenvalue weighted by Crippen LogP contribution is -2.11. The maximum atomic E-state index is 12.3. The van der Waals surface area contributed by atoms with Crippen LogP contribution in [0.25, 0.3) is 11.0 Å². The smallest absolute Gasteiger partial charge is 0.291 e. The molecule has 0 saturated carbocycles. The molecular weight excluding hydrogens is 330 g/mol. The molecule has 1 heterocycles. The van der Waals surface area contributed by atoms with Crippen LogP contribution < -0.4 is 5.32 Å². The third kappa shape index (κ3) is 2.85. The van der Waals surface area contributed by atoms with Gasteiger partial charge >= 0.3 is 0 Å². The molecule has 0 aliphatic rings. The Morgan fingerprint density at radius 1 is 1.19 bits per heavy atom. The standard InChI is InChI=1S/C17H14BrNO2/c1-2-11-7-8-14(13(18)9-11)19-17(20)16-10-12-5-3-4-6-15(12)21-16/h3-10H,2H2,1H3,(H,19,20). The fourth-order valence-electron chi connectivity index (χ4n) is 2.16. The van der Waals surface area contributed by atoms with Gasteiger partial charge < -0.3 is 9.73 Å². The van der Waals surface area contributed by atoms with Crippen LogP contribution in [-0.4, -0.2) is 5.91 Å². The van der Waals surface area contributed by atoms with Gasteiger partial charge in [0.15, 0.2) is 5.76 Å². The van der Waals surface area contributed by atoms with E-state index in [0.717, 1.165) is 22.0 Å². The van der Waals surface area contributed by atoms with Crippen molar-refractivity contribution in [2.45, 2.75) is 13.3 Å². The minimum absolute atomic E-state index is 0.254. The van der Waals surface area contributed by atoms with E-state index in [9.17, 15) is 4.79 Å². The van der Waals surface area contributed by atoms with Crippen LogP contribution in [0.5, 0.6) is 0 Å². The number of furan rings is 1. The molecule has 21 heavy (non-hydrogen) atoms. The van der Waals surface area contributed by atoms with E-state index in [-0.39, 0.29) is 5.91 Å². The average Bonchev–Trinajstić information content (AvgIpc) is 2.93. The van der Waals surface area contributed by atoms with Crippen LogP contribution in [0.15, 0.2) is 57.4 Å². The quantitative estimate of drug-likeness (QED) is 0.726. The predicted octanol–water partition coefficient (Wildman–Crippen LogP) is 5.01. The first-order chi connectivity index (χ1) is 10.2. The van der Waals surface area contributed by atoms with Gasteiger partial charge in [-0.25, -0.2) is 0 Å². The van der Waals surface area contributed by atoms with Crippen molar-refractivity contribution in [2.24, 2.45) is 0 Å². The summed E-state index contributed by atoms with van der Waals surface area (Å²) in [6, 6.07) is 15.2. The average molecular weight is 344 g/mol. The molecule has 3 rings (SSSR count). The Balaban J connectivity index is 1.85. The summed E-state index contributed by atoms with van der Waals surface area (Å²) in [5, 5.41) is 3.78. The second-order valence-corrected chi connectivity index (χ2v) is 5.62. The van der Waals surface area contributed by atoms with E-state index in [1.54, 1.807) is 6.07 Å². The molecule has 106 valence electrons. The van der Waals surface area contributed by atoms with Gasteiger partial charge in [-0.2, -0.15) is 0 Å². The van der Waals surface area contributed by atoms with Crippen molar-refractivity contribution >= 4 is 38.5 Å². The van der Waals surface area contributed by atoms with Crippen LogP contribution in [0.1, 0.15) is 23.0 Å². The first kappa shape index (κ1) is 13.9. The molecule has 0 atom stereocenters. The number of nitrogens with one attached hydrogen (secondary N) is 1. The van der Waals surface area contributed by atoms with Gasteiger partial charge in [-0.1, -0.05) is 31.2 Å². The summed E-state index contributed by atoms with van der Waals surface area (Å²) in [6.07, 6.45) is 0.955. The highest BCUT2D eigenvalue weighted by molar-refractivity contribution is 9.10. The molecule has 2 aromatic carbocycles. The van der Waals surface area contributed by atoms with Crippen molar-refractivity contribution in [1.82, 2.24) is 0 Å². The van der Waals surface area contributed by atoms with E-state index in [1.165, 1.54) is 5.56 Å². The Morgan fingerprint density at radius 2 is 2.00 bits per heavy atom. The minimum atomic E-state index is -0.254. The summed E-state index contributed by atoms with van der Waals surface area (Å²) in [4.78, 5) is 12.3. The maximum absolute atomic E-state index is 12.3. The van der Waals surface area contributed by atoms with E-state index in [2.05, 4.69) is 28.2 Å². The van der Waals surface area contributed by atoms with Crippen molar-refractivity contribution < 1.29 is 9.21 Å². The largest absolute Gasteiger partial charge is 0.451 e. The highest BCUT2D eigenvalue weighted by Crippen LogP contribution is 2.25. The normalized spacial score (nSPS) is 10.8. The number of hydrogen-bond acceptors (Lipinski definition) is 2. The van der Waals surface area contributed by atoms with E-state index in [4.69, 9.17) is 4.42 Å². The van der Waals surface area contributed by atoms with Gasteiger partial charge in [0.2, 0.25) is 0 Å². The van der Waals surface area contributed by atoms with Gasteiger partial charge in [-0.15, -0.1) is 0 Å². The molecular formula is C17H14BrNO2. The SMILES string of the molecule is CCc1ccc(NC(=O)c2cc3ccccc3o2)c(Br)c1. The van der Waals surface area contributed by atoms with Crippen LogP contribution in [0.4, 0.5) is 5.69 Å². The van der Waals surface area contributed by atoms with Crippen LogP contribution in [0, 0.1) is 0 Å². The van der Waals surface area contributed by atoms with Crippen LogP contribution in [-0.2, 0) is 6.42 Å². The molecule has 0 spiro atoms. The number of carbonyl (C=O) groups is 1. The molecule has 0 fully saturated rings. The zero-order valence-electron chi connectivity index (χ0n) is 11.5. The molecule has 3 aromatic rings. The lowest BCUT2D eigenvalue weighted by Gasteiger charge is -2.07. The zero-order valence-corrected chi connectivity index (χ0v) is 13.1. The number of anilines is 1. The topological polar surface area (TPSA) is 42.2 Å². The Morgan fingerprint density at radius 3 is 2.71 bits per heavy atom. The Labute approximate surface area is 131 Å². The number of halogens is 1. The molecule has 1 N–H and O–H groups in total. The van der Waals surface area contributed by atoms with Gasteiger partial charge in [-0.05, 0) is 52.2 Å². The second kappa shape index (κ2) is 5.74. The molecule has 3 nitrogen and oxygen atoms in total. The number of para-hydroxylation sites is 1. The molecule has 0 unspecified atom stereocenters. The first-order valence-electron chi connectivity index (χ1n) is 6.75. The molecule has 1 amide bonds. The zero-order chi connectivity index (χ0) is 14.8. The van der Waals surface area contributed by atoms with Crippen molar-refractivity contribution in [3.63, 3.8) is 0 Å².